The Hall–Kier alpha value is -1.88. The second kappa shape index (κ2) is 8.11. The van der Waals surface area contributed by atoms with Gasteiger partial charge in [-0.05, 0) is 56.4 Å². The first-order valence-electron chi connectivity index (χ1n) is 8.07. The Balaban J connectivity index is 1.55. The van der Waals surface area contributed by atoms with E-state index in [0.29, 0.717) is 5.95 Å². The van der Waals surface area contributed by atoms with Gasteiger partial charge in [0.1, 0.15) is 5.82 Å². The number of allylic oxidation sites excluding steroid dienone is 1. The Morgan fingerprint density at radius 2 is 2.13 bits per heavy atom. The van der Waals surface area contributed by atoms with E-state index >= 15 is 0 Å². The van der Waals surface area contributed by atoms with Crippen LogP contribution in [0.1, 0.15) is 32.1 Å². The van der Waals surface area contributed by atoms with Crippen LogP contribution in [0.4, 0.5) is 17.5 Å². The van der Waals surface area contributed by atoms with Gasteiger partial charge in [-0.3, -0.25) is 0 Å². The van der Waals surface area contributed by atoms with Crippen molar-refractivity contribution in [3.8, 4) is 0 Å². The fourth-order valence-corrected chi connectivity index (χ4v) is 3.09. The highest BCUT2D eigenvalue weighted by atomic mass is 79.9. The molecule has 0 spiro atoms. The van der Waals surface area contributed by atoms with Gasteiger partial charge in [-0.15, -0.1) is 0 Å². The average Bonchev–Trinajstić information content (AvgIpc) is 2.56. The molecule has 1 aromatic heterocycles. The van der Waals surface area contributed by atoms with Crippen LogP contribution in [0.2, 0.25) is 0 Å². The topological polar surface area (TPSA) is 49.8 Å². The number of rotatable bonds is 6. The Morgan fingerprint density at radius 1 is 1.17 bits per heavy atom. The van der Waals surface area contributed by atoms with Crippen LogP contribution in [0.3, 0.4) is 0 Å². The number of nitrogens with zero attached hydrogens (tertiary/aromatic N) is 2. The molecular weight excluding hydrogens is 352 g/mol. The molecule has 23 heavy (non-hydrogen) atoms. The summed E-state index contributed by atoms with van der Waals surface area (Å²) >= 11 is 3.46. The summed E-state index contributed by atoms with van der Waals surface area (Å²) in [6.45, 7) is 0.916. The molecule has 2 N–H and O–H groups in total. The van der Waals surface area contributed by atoms with Crippen LogP contribution in [0, 0.1) is 0 Å². The van der Waals surface area contributed by atoms with E-state index in [9.17, 15) is 0 Å². The maximum absolute atomic E-state index is 4.51. The summed E-state index contributed by atoms with van der Waals surface area (Å²) in [6, 6.07) is 9.86. The monoisotopic (exact) mass is 372 g/mol. The van der Waals surface area contributed by atoms with Crippen molar-refractivity contribution in [1.29, 1.82) is 0 Å². The van der Waals surface area contributed by atoms with Crippen LogP contribution < -0.4 is 10.6 Å². The third-order valence-corrected chi connectivity index (χ3v) is 4.37. The lowest BCUT2D eigenvalue weighted by molar-refractivity contribution is 0.679. The van der Waals surface area contributed by atoms with Crippen molar-refractivity contribution >= 4 is 33.4 Å². The number of anilines is 3. The molecule has 1 aliphatic carbocycles. The average molecular weight is 373 g/mol. The molecule has 4 nitrogen and oxygen atoms in total. The second-order valence-electron chi connectivity index (χ2n) is 5.69. The van der Waals surface area contributed by atoms with E-state index in [2.05, 4.69) is 42.6 Å². The molecule has 0 unspecified atom stereocenters. The summed E-state index contributed by atoms with van der Waals surface area (Å²) < 4.78 is 1.03. The third-order valence-electron chi connectivity index (χ3n) is 3.87. The lowest BCUT2D eigenvalue weighted by atomic mass is 9.97. The highest BCUT2D eigenvalue weighted by Gasteiger charge is 2.04. The molecule has 0 radical (unpaired) electrons. The SMILES string of the molecule is Brc1cccc(Nc2nccc(NCCC3=CCCCC3)n2)c1. The van der Waals surface area contributed by atoms with E-state index in [-0.39, 0.29) is 0 Å². The van der Waals surface area contributed by atoms with Gasteiger partial charge in [0.2, 0.25) is 5.95 Å². The fourth-order valence-electron chi connectivity index (χ4n) is 2.70. The van der Waals surface area contributed by atoms with Gasteiger partial charge in [-0.2, -0.15) is 4.98 Å². The van der Waals surface area contributed by atoms with Crippen molar-refractivity contribution in [1.82, 2.24) is 9.97 Å². The molecule has 0 bridgehead atoms. The Labute approximate surface area is 145 Å². The zero-order valence-electron chi connectivity index (χ0n) is 13.1. The summed E-state index contributed by atoms with van der Waals surface area (Å²) in [7, 11) is 0. The molecule has 1 aromatic carbocycles. The first-order valence-corrected chi connectivity index (χ1v) is 8.86. The predicted molar refractivity (Wildman–Crippen MR) is 99.1 cm³/mol. The first kappa shape index (κ1) is 16.0. The fraction of sp³-hybridized carbons (Fsp3) is 0.333. The lowest BCUT2D eigenvalue weighted by Gasteiger charge is -2.13. The molecule has 0 saturated heterocycles. The van der Waals surface area contributed by atoms with Gasteiger partial charge in [-0.1, -0.05) is 33.6 Å². The molecule has 1 aliphatic rings. The molecule has 1 heterocycles. The molecule has 0 amide bonds. The van der Waals surface area contributed by atoms with Crippen LogP contribution in [0.5, 0.6) is 0 Å². The molecular formula is C18H21BrN4. The Bertz CT molecular complexity index is 684. The summed E-state index contributed by atoms with van der Waals surface area (Å²) in [5.41, 5.74) is 2.54. The van der Waals surface area contributed by atoms with Crippen LogP contribution in [0.25, 0.3) is 0 Å². The zero-order chi connectivity index (χ0) is 15.9. The smallest absolute Gasteiger partial charge is 0.229 e. The van der Waals surface area contributed by atoms with Crippen molar-refractivity contribution in [2.75, 3.05) is 17.2 Å². The van der Waals surface area contributed by atoms with Crippen LogP contribution >= 0.6 is 15.9 Å². The third kappa shape index (κ3) is 5.06. The Morgan fingerprint density at radius 3 is 2.96 bits per heavy atom. The molecule has 5 heteroatoms. The number of hydrogen-bond donors (Lipinski definition) is 2. The molecule has 3 rings (SSSR count). The number of benzene rings is 1. The zero-order valence-corrected chi connectivity index (χ0v) is 14.6. The highest BCUT2D eigenvalue weighted by molar-refractivity contribution is 9.10. The van der Waals surface area contributed by atoms with Crippen molar-refractivity contribution < 1.29 is 0 Å². The van der Waals surface area contributed by atoms with Gasteiger partial charge in [0.05, 0.1) is 0 Å². The molecule has 120 valence electrons. The maximum Gasteiger partial charge on any atom is 0.229 e. The minimum atomic E-state index is 0.602. The van der Waals surface area contributed by atoms with Crippen molar-refractivity contribution in [2.24, 2.45) is 0 Å². The number of aromatic nitrogens is 2. The lowest BCUT2D eigenvalue weighted by Crippen LogP contribution is -2.07. The second-order valence-corrected chi connectivity index (χ2v) is 6.60. The van der Waals surface area contributed by atoms with Gasteiger partial charge >= 0.3 is 0 Å². The van der Waals surface area contributed by atoms with Crippen molar-refractivity contribution in [2.45, 2.75) is 32.1 Å². The minimum Gasteiger partial charge on any atom is -0.370 e. The van der Waals surface area contributed by atoms with Gasteiger partial charge in [0.25, 0.3) is 0 Å². The summed E-state index contributed by atoms with van der Waals surface area (Å²) in [5, 5.41) is 6.61. The molecule has 0 aliphatic heterocycles. The molecule has 0 atom stereocenters. The largest absolute Gasteiger partial charge is 0.370 e. The number of nitrogens with one attached hydrogen (secondary N) is 2. The van der Waals surface area contributed by atoms with Crippen LogP contribution in [-0.4, -0.2) is 16.5 Å². The predicted octanol–water partition coefficient (Wildman–Crippen LogP) is 5.29. The number of halogens is 1. The maximum atomic E-state index is 4.51. The van der Waals surface area contributed by atoms with Crippen LogP contribution in [0.15, 0.2) is 52.7 Å². The highest BCUT2D eigenvalue weighted by Crippen LogP contribution is 2.21. The molecule has 2 aromatic rings. The van der Waals surface area contributed by atoms with Gasteiger partial charge < -0.3 is 10.6 Å². The quantitative estimate of drug-likeness (QED) is 0.676. The standard InChI is InChI=1S/C18H21BrN4/c19-15-7-4-8-16(13-15)22-18-21-12-10-17(23-18)20-11-9-14-5-2-1-3-6-14/h4-5,7-8,10,12-13H,1-3,6,9,11H2,(H2,20,21,22,23). The summed E-state index contributed by atoms with van der Waals surface area (Å²) in [4.78, 5) is 8.79. The van der Waals surface area contributed by atoms with E-state index in [1.807, 2.05) is 30.3 Å². The van der Waals surface area contributed by atoms with Gasteiger partial charge in [-0.25, -0.2) is 4.98 Å². The Kier molecular flexibility index (Phi) is 5.64. The van der Waals surface area contributed by atoms with E-state index < -0.39 is 0 Å². The normalized spacial score (nSPS) is 14.2. The summed E-state index contributed by atoms with van der Waals surface area (Å²) in [5.74, 6) is 1.46. The van der Waals surface area contributed by atoms with Crippen molar-refractivity contribution in [3.63, 3.8) is 0 Å². The first-order chi connectivity index (χ1) is 11.3. The van der Waals surface area contributed by atoms with E-state index in [1.54, 1.807) is 11.8 Å². The van der Waals surface area contributed by atoms with E-state index in [1.165, 1.54) is 25.7 Å². The molecule has 0 fully saturated rings. The van der Waals surface area contributed by atoms with E-state index in [4.69, 9.17) is 0 Å². The van der Waals surface area contributed by atoms with Crippen molar-refractivity contribution in [3.05, 3.63) is 52.7 Å². The van der Waals surface area contributed by atoms with E-state index in [0.717, 1.165) is 28.9 Å². The van der Waals surface area contributed by atoms with Crippen LogP contribution in [-0.2, 0) is 0 Å². The number of hydrogen-bond acceptors (Lipinski definition) is 4. The van der Waals surface area contributed by atoms with Gasteiger partial charge in [0.15, 0.2) is 0 Å². The minimum absolute atomic E-state index is 0.602. The molecule has 0 saturated carbocycles. The summed E-state index contributed by atoms with van der Waals surface area (Å²) in [6.07, 6.45) is 10.4. The van der Waals surface area contributed by atoms with Gasteiger partial charge in [0, 0.05) is 22.9 Å².